The Morgan fingerprint density at radius 3 is 2.50 bits per heavy atom. The highest BCUT2D eigenvalue weighted by Gasteiger charge is 2.22. The number of nitrogens with zero attached hydrogens (tertiary/aromatic N) is 1. The smallest absolute Gasteiger partial charge is 0.341 e. The fourth-order valence-corrected chi connectivity index (χ4v) is 2.04. The van der Waals surface area contributed by atoms with Gasteiger partial charge in [-0.2, -0.15) is 0 Å². The number of hydrogen-bond acceptors (Lipinski definition) is 5. The molecule has 2 rings (SSSR count). The van der Waals surface area contributed by atoms with Crippen LogP contribution in [0.25, 0.3) is 0 Å². The highest BCUT2D eigenvalue weighted by Crippen LogP contribution is 2.32. The van der Waals surface area contributed by atoms with Crippen LogP contribution in [0.2, 0.25) is 0 Å². The fraction of sp³-hybridized carbons (Fsp3) is 0.200. The van der Waals surface area contributed by atoms with Crippen LogP contribution < -0.4 is 10.5 Å². The van der Waals surface area contributed by atoms with Gasteiger partial charge in [-0.3, -0.25) is 4.79 Å². The highest BCUT2D eigenvalue weighted by molar-refractivity contribution is 6.01. The number of para-hydroxylation sites is 1. The molecule has 0 fully saturated rings. The standard InChI is InChI=1S/C15H15NO4/c1-3-16(11-7-5-4-6-8-11)15-14(10(2)17)12(18)9-13(19)20-15/h4-9,18H,3H2,1-2H3. The Bertz CT molecular complexity index is 676. The predicted octanol–water partition coefficient (Wildman–Crippen LogP) is 2.71. The lowest BCUT2D eigenvalue weighted by atomic mass is 10.1. The lowest BCUT2D eigenvalue weighted by Crippen LogP contribution is -2.20. The first-order chi connectivity index (χ1) is 9.54. The molecule has 5 nitrogen and oxygen atoms in total. The van der Waals surface area contributed by atoms with Gasteiger partial charge in [0.15, 0.2) is 5.78 Å². The third-order valence-corrected chi connectivity index (χ3v) is 2.90. The Hall–Kier alpha value is -2.56. The number of ketones is 1. The normalized spacial score (nSPS) is 10.3. The number of carbonyl (C=O) groups is 1. The molecule has 5 heteroatoms. The Balaban J connectivity index is 2.66. The molecule has 0 radical (unpaired) electrons. The monoisotopic (exact) mass is 273 g/mol. The van der Waals surface area contributed by atoms with Crippen LogP contribution in [0.15, 0.2) is 45.6 Å². The summed E-state index contributed by atoms with van der Waals surface area (Å²) in [4.78, 5) is 24.8. The topological polar surface area (TPSA) is 70.8 Å². The maximum Gasteiger partial charge on any atom is 0.341 e. The van der Waals surface area contributed by atoms with Crippen molar-refractivity contribution < 1.29 is 14.3 Å². The maximum atomic E-state index is 11.7. The molecule has 1 aromatic heterocycles. The van der Waals surface area contributed by atoms with Gasteiger partial charge in [0.2, 0.25) is 5.88 Å². The average Bonchev–Trinajstić information content (AvgIpc) is 2.39. The quantitative estimate of drug-likeness (QED) is 0.867. The van der Waals surface area contributed by atoms with E-state index in [1.807, 2.05) is 37.3 Å². The van der Waals surface area contributed by atoms with Crippen molar-refractivity contribution in [1.29, 1.82) is 0 Å². The fourth-order valence-electron chi connectivity index (χ4n) is 2.04. The molecule has 0 aliphatic rings. The van der Waals surface area contributed by atoms with E-state index in [9.17, 15) is 14.7 Å². The molecule has 1 aromatic carbocycles. The Morgan fingerprint density at radius 1 is 1.30 bits per heavy atom. The van der Waals surface area contributed by atoms with E-state index in [-0.39, 0.29) is 23.0 Å². The van der Waals surface area contributed by atoms with Crippen LogP contribution in [0.5, 0.6) is 5.75 Å². The van der Waals surface area contributed by atoms with E-state index in [4.69, 9.17) is 4.42 Å². The summed E-state index contributed by atoms with van der Waals surface area (Å²) in [6, 6.07) is 10.1. The Kier molecular flexibility index (Phi) is 3.89. The third kappa shape index (κ3) is 2.56. The van der Waals surface area contributed by atoms with Crippen LogP contribution >= 0.6 is 0 Å². The van der Waals surface area contributed by atoms with Crippen LogP contribution in [0, 0.1) is 0 Å². The average molecular weight is 273 g/mol. The van der Waals surface area contributed by atoms with Crippen molar-refractivity contribution in [2.24, 2.45) is 0 Å². The summed E-state index contributed by atoms with van der Waals surface area (Å²) in [5.74, 6) is -0.662. The SMILES string of the molecule is CCN(c1ccccc1)c1oc(=O)cc(O)c1C(C)=O. The molecule has 0 saturated carbocycles. The highest BCUT2D eigenvalue weighted by atomic mass is 16.4. The minimum absolute atomic E-state index is 0.00954. The minimum atomic E-state index is -0.697. The second-order valence-corrected chi connectivity index (χ2v) is 4.27. The molecule has 0 aliphatic heterocycles. The van der Waals surface area contributed by atoms with Gasteiger partial charge in [-0.15, -0.1) is 0 Å². The van der Waals surface area contributed by atoms with Crippen LogP contribution in [-0.4, -0.2) is 17.4 Å². The van der Waals surface area contributed by atoms with Gasteiger partial charge in [-0.05, 0) is 26.0 Å². The lowest BCUT2D eigenvalue weighted by molar-refractivity contribution is 0.101. The molecule has 1 N–H and O–H groups in total. The van der Waals surface area contributed by atoms with E-state index in [0.29, 0.717) is 6.54 Å². The van der Waals surface area contributed by atoms with Crippen molar-refractivity contribution in [2.75, 3.05) is 11.4 Å². The number of Topliss-reactive ketones (excluding diaryl/α,β-unsaturated/α-hetero) is 1. The molecular weight excluding hydrogens is 258 g/mol. The zero-order chi connectivity index (χ0) is 14.7. The Labute approximate surface area is 116 Å². The zero-order valence-corrected chi connectivity index (χ0v) is 11.3. The molecular formula is C15H15NO4. The van der Waals surface area contributed by atoms with Gasteiger partial charge in [0.05, 0.1) is 6.07 Å². The van der Waals surface area contributed by atoms with Crippen molar-refractivity contribution >= 4 is 17.4 Å². The molecule has 0 atom stereocenters. The summed E-state index contributed by atoms with van der Waals surface area (Å²) in [6.07, 6.45) is 0. The third-order valence-electron chi connectivity index (χ3n) is 2.90. The van der Waals surface area contributed by atoms with E-state index in [0.717, 1.165) is 11.8 Å². The van der Waals surface area contributed by atoms with Crippen LogP contribution in [0.1, 0.15) is 24.2 Å². The number of benzene rings is 1. The Morgan fingerprint density at radius 2 is 1.95 bits per heavy atom. The molecule has 0 bridgehead atoms. The molecule has 0 spiro atoms. The number of hydrogen-bond donors (Lipinski definition) is 1. The number of aromatic hydroxyl groups is 1. The largest absolute Gasteiger partial charge is 0.507 e. The van der Waals surface area contributed by atoms with Gasteiger partial charge in [0.25, 0.3) is 0 Å². The number of carbonyl (C=O) groups excluding carboxylic acids is 1. The van der Waals surface area contributed by atoms with E-state index in [1.165, 1.54) is 6.92 Å². The second-order valence-electron chi connectivity index (χ2n) is 4.27. The van der Waals surface area contributed by atoms with Crippen LogP contribution in [0.3, 0.4) is 0 Å². The first kappa shape index (κ1) is 13.9. The molecule has 0 saturated heterocycles. The maximum absolute atomic E-state index is 11.7. The second kappa shape index (κ2) is 5.61. The number of anilines is 2. The predicted molar refractivity (Wildman–Crippen MR) is 75.8 cm³/mol. The van der Waals surface area contributed by atoms with Gasteiger partial charge in [-0.25, -0.2) is 4.79 Å². The van der Waals surface area contributed by atoms with E-state index in [1.54, 1.807) is 4.90 Å². The van der Waals surface area contributed by atoms with Crippen LogP contribution in [0.4, 0.5) is 11.6 Å². The summed E-state index contributed by atoms with van der Waals surface area (Å²) in [6.45, 7) is 3.66. The first-order valence-electron chi connectivity index (χ1n) is 6.25. The summed E-state index contributed by atoms with van der Waals surface area (Å²) < 4.78 is 5.15. The molecule has 1 heterocycles. The van der Waals surface area contributed by atoms with Crippen molar-refractivity contribution in [2.45, 2.75) is 13.8 Å². The lowest BCUT2D eigenvalue weighted by Gasteiger charge is -2.23. The van der Waals surface area contributed by atoms with Crippen molar-refractivity contribution in [3.63, 3.8) is 0 Å². The summed E-state index contributed by atoms with van der Waals surface area (Å²) in [7, 11) is 0. The molecule has 2 aromatic rings. The zero-order valence-electron chi connectivity index (χ0n) is 11.3. The van der Waals surface area contributed by atoms with Gasteiger partial charge >= 0.3 is 5.63 Å². The minimum Gasteiger partial charge on any atom is -0.507 e. The molecule has 0 amide bonds. The summed E-state index contributed by atoms with van der Waals surface area (Å²) >= 11 is 0. The van der Waals surface area contributed by atoms with Crippen molar-refractivity contribution in [3.8, 4) is 5.75 Å². The first-order valence-corrected chi connectivity index (χ1v) is 6.25. The van der Waals surface area contributed by atoms with Gasteiger partial charge in [-0.1, -0.05) is 18.2 Å². The molecule has 0 unspecified atom stereocenters. The summed E-state index contributed by atoms with van der Waals surface area (Å²) in [5.41, 5.74) is 0.0819. The van der Waals surface area contributed by atoms with E-state index < -0.39 is 5.63 Å². The van der Waals surface area contributed by atoms with Crippen LogP contribution in [-0.2, 0) is 0 Å². The number of rotatable bonds is 4. The molecule has 20 heavy (non-hydrogen) atoms. The van der Waals surface area contributed by atoms with Crippen molar-refractivity contribution in [1.82, 2.24) is 0 Å². The van der Waals surface area contributed by atoms with Gasteiger partial charge in [0.1, 0.15) is 11.3 Å². The van der Waals surface area contributed by atoms with Gasteiger partial charge in [0, 0.05) is 12.2 Å². The molecule has 0 aliphatic carbocycles. The summed E-state index contributed by atoms with van der Waals surface area (Å²) in [5, 5.41) is 9.83. The van der Waals surface area contributed by atoms with E-state index >= 15 is 0 Å². The van der Waals surface area contributed by atoms with E-state index in [2.05, 4.69) is 0 Å². The van der Waals surface area contributed by atoms with Gasteiger partial charge < -0.3 is 14.4 Å². The van der Waals surface area contributed by atoms with Crippen molar-refractivity contribution in [3.05, 3.63) is 52.4 Å². The molecule has 104 valence electrons.